The molecular weight excluding hydrogens is 352 g/mol. The van der Waals surface area contributed by atoms with E-state index in [1.807, 2.05) is 24.3 Å². The van der Waals surface area contributed by atoms with Crippen LogP contribution in [0, 0.1) is 0 Å². The maximum atomic E-state index is 5.46. The summed E-state index contributed by atoms with van der Waals surface area (Å²) in [6.45, 7) is 4.02. The van der Waals surface area contributed by atoms with Crippen LogP contribution in [0.15, 0.2) is 60.8 Å². The van der Waals surface area contributed by atoms with Gasteiger partial charge in [-0.05, 0) is 24.1 Å². The molecule has 0 atom stereocenters. The van der Waals surface area contributed by atoms with E-state index in [1.165, 1.54) is 5.56 Å². The van der Waals surface area contributed by atoms with Crippen molar-refractivity contribution in [2.75, 3.05) is 48.4 Å². The molecule has 0 aliphatic carbocycles. The zero-order valence-electron chi connectivity index (χ0n) is 15.7. The van der Waals surface area contributed by atoms with E-state index in [0.29, 0.717) is 11.8 Å². The molecule has 1 aromatic heterocycles. The Kier molecular flexibility index (Phi) is 5.94. The van der Waals surface area contributed by atoms with Gasteiger partial charge in [0.15, 0.2) is 5.82 Å². The van der Waals surface area contributed by atoms with Gasteiger partial charge in [-0.15, -0.1) is 5.10 Å². The van der Waals surface area contributed by atoms with Crippen LogP contribution in [-0.4, -0.2) is 48.0 Å². The van der Waals surface area contributed by atoms with Crippen molar-refractivity contribution in [3.63, 3.8) is 0 Å². The van der Waals surface area contributed by atoms with Gasteiger partial charge < -0.3 is 20.3 Å². The number of aromatic nitrogens is 3. The van der Waals surface area contributed by atoms with Crippen molar-refractivity contribution < 1.29 is 4.74 Å². The first kappa shape index (κ1) is 18.2. The Morgan fingerprint density at radius 1 is 0.964 bits per heavy atom. The summed E-state index contributed by atoms with van der Waals surface area (Å²) in [6, 6.07) is 18.5. The molecule has 0 amide bonds. The van der Waals surface area contributed by atoms with Gasteiger partial charge in [-0.25, -0.2) is 0 Å². The smallest absolute Gasteiger partial charge is 0.249 e. The average molecular weight is 376 g/mol. The van der Waals surface area contributed by atoms with Gasteiger partial charge in [0.05, 0.1) is 30.8 Å². The quantitative estimate of drug-likeness (QED) is 0.656. The van der Waals surface area contributed by atoms with Crippen LogP contribution >= 0.6 is 0 Å². The third-order valence-corrected chi connectivity index (χ3v) is 4.62. The van der Waals surface area contributed by atoms with Crippen LogP contribution in [-0.2, 0) is 11.2 Å². The highest BCUT2D eigenvalue weighted by Gasteiger charge is 2.15. The highest BCUT2D eigenvalue weighted by Crippen LogP contribution is 2.28. The van der Waals surface area contributed by atoms with E-state index in [4.69, 9.17) is 4.74 Å². The van der Waals surface area contributed by atoms with Crippen LogP contribution < -0.4 is 15.5 Å². The zero-order chi connectivity index (χ0) is 19.0. The lowest BCUT2D eigenvalue weighted by Gasteiger charge is -2.30. The predicted molar refractivity (Wildman–Crippen MR) is 111 cm³/mol. The summed E-state index contributed by atoms with van der Waals surface area (Å²) in [5.41, 5.74) is 3.37. The molecule has 1 aliphatic heterocycles. The summed E-state index contributed by atoms with van der Waals surface area (Å²) in [4.78, 5) is 6.85. The molecule has 0 bridgehead atoms. The zero-order valence-corrected chi connectivity index (χ0v) is 15.7. The Bertz CT molecular complexity index is 883. The van der Waals surface area contributed by atoms with Crippen LogP contribution in [0.3, 0.4) is 0 Å². The van der Waals surface area contributed by atoms with Gasteiger partial charge in [0.25, 0.3) is 0 Å². The topological polar surface area (TPSA) is 75.2 Å². The Labute approximate surface area is 164 Å². The predicted octanol–water partition coefficient (Wildman–Crippen LogP) is 3.11. The summed E-state index contributed by atoms with van der Waals surface area (Å²) in [6.07, 6.45) is 2.57. The molecule has 1 saturated heterocycles. The van der Waals surface area contributed by atoms with Crippen molar-refractivity contribution in [2.24, 2.45) is 0 Å². The summed E-state index contributed by atoms with van der Waals surface area (Å²) in [5.74, 6) is 1.18. The Morgan fingerprint density at radius 3 is 2.61 bits per heavy atom. The molecular formula is C21H24N6O. The lowest BCUT2D eigenvalue weighted by molar-refractivity contribution is 0.123. The number of para-hydroxylation sites is 2. The number of ether oxygens (including phenoxy) is 1. The fourth-order valence-electron chi connectivity index (χ4n) is 3.20. The molecule has 7 heteroatoms. The maximum Gasteiger partial charge on any atom is 0.249 e. The van der Waals surface area contributed by atoms with E-state index in [1.54, 1.807) is 6.20 Å². The number of nitrogens with one attached hydrogen (secondary N) is 2. The first-order valence-electron chi connectivity index (χ1n) is 9.55. The van der Waals surface area contributed by atoms with E-state index < -0.39 is 0 Å². The second kappa shape index (κ2) is 9.14. The number of benzene rings is 2. The molecule has 4 rings (SSSR count). The van der Waals surface area contributed by atoms with Crippen LogP contribution in [0.5, 0.6) is 0 Å². The molecule has 3 aromatic rings. The second-order valence-corrected chi connectivity index (χ2v) is 6.57. The van der Waals surface area contributed by atoms with Gasteiger partial charge in [-0.1, -0.05) is 42.5 Å². The van der Waals surface area contributed by atoms with Crippen LogP contribution in [0.2, 0.25) is 0 Å². The van der Waals surface area contributed by atoms with E-state index in [2.05, 4.69) is 61.0 Å². The van der Waals surface area contributed by atoms with Gasteiger partial charge in [0.1, 0.15) is 0 Å². The Balaban J connectivity index is 1.41. The molecule has 2 heterocycles. The molecule has 28 heavy (non-hydrogen) atoms. The molecule has 0 saturated carbocycles. The monoisotopic (exact) mass is 376 g/mol. The first-order valence-corrected chi connectivity index (χ1v) is 9.55. The number of hydrogen-bond donors (Lipinski definition) is 2. The summed E-state index contributed by atoms with van der Waals surface area (Å²) < 4.78 is 5.46. The number of morpholine rings is 1. The Morgan fingerprint density at radius 2 is 1.75 bits per heavy atom. The summed E-state index contributed by atoms with van der Waals surface area (Å²) >= 11 is 0. The van der Waals surface area contributed by atoms with Crippen molar-refractivity contribution in [3.05, 3.63) is 66.4 Å². The lowest BCUT2D eigenvalue weighted by atomic mass is 10.1. The minimum atomic E-state index is 0.477. The van der Waals surface area contributed by atoms with Crippen molar-refractivity contribution in [2.45, 2.75) is 6.42 Å². The highest BCUT2D eigenvalue weighted by atomic mass is 16.5. The standard InChI is InChI=1S/C21H24N6O/c1-2-6-17(7-3-1)10-11-22-20-16-23-26-21(25-20)24-18-8-4-5-9-19(18)27-12-14-28-15-13-27/h1-9,16H,10-15H2,(H2,22,24,25,26). The minimum absolute atomic E-state index is 0.477. The summed E-state index contributed by atoms with van der Waals surface area (Å²) in [5, 5.41) is 14.8. The van der Waals surface area contributed by atoms with E-state index in [9.17, 15) is 0 Å². The molecule has 2 aromatic carbocycles. The molecule has 0 spiro atoms. The fourth-order valence-corrected chi connectivity index (χ4v) is 3.20. The SMILES string of the molecule is c1ccc(CCNc2cnnc(Nc3ccccc3N3CCOCC3)n2)cc1. The van der Waals surface area contributed by atoms with Crippen LogP contribution in [0.25, 0.3) is 0 Å². The number of nitrogens with zero attached hydrogens (tertiary/aromatic N) is 4. The molecule has 0 unspecified atom stereocenters. The molecule has 0 radical (unpaired) electrons. The second-order valence-electron chi connectivity index (χ2n) is 6.57. The van der Waals surface area contributed by atoms with Gasteiger partial charge >= 0.3 is 0 Å². The van der Waals surface area contributed by atoms with E-state index >= 15 is 0 Å². The maximum absolute atomic E-state index is 5.46. The third kappa shape index (κ3) is 4.75. The molecule has 1 fully saturated rings. The third-order valence-electron chi connectivity index (χ3n) is 4.62. The van der Waals surface area contributed by atoms with Crippen molar-refractivity contribution in [3.8, 4) is 0 Å². The van der Waals surface area contributed by atoms with Gasteiger partial charge in [0.2, 0.25) is 5.95 Å². The number of hydrogen-bond acceptors (Lipinski definition) is 7. The lowest BCUT2D eigenvalue weighted by Crippen LogP contribution is -2.36. The van der Waals surface area contributed by atoms with Crippen molar-refractivity contribution in [1.82, 2.24) is 15.2 Å². The van der Waals surface area contributed by atoms with Gasteiger partial charge in [-0.2, -0.15) is 10.1 Å². The van der Waals surface area contributed by atoms with Gasteiger partial charge in [-0.3, -0.25) is 0 Å². The Hall–Kier alpha value is -3.19. The molecule has 144 valence electrons. The largest absolute Gasteiger partial charge is 0.378 e. The molecule has 1 aliphatic rings. The summed E-state index contributed by atoms with van der Waals surface area (Å²) in [7, 11) is 0. The van der Waals surface area contributed by atoms with Crippen LogP contribution in [0.4, 0.5) is 23.1 Å². The van der Waals surface area contributed by atoms with Gasteiger partial charge in [0, 0.05) is 19.6 Å². The van der Waals surface area contributed by atoms with Crippen molar-refractivity contribution >= 4 is 23.1 Å². The van der Waals surface area contributed by atoms with Crippen LogP contribution in [0.1, 0.15) is 5.56 Å². The first-order chi connectivity index (χ1) is 13.9. The number of rotatable bonds is 7. The number of anilines is 4. The fraction of sp³-hybridized carbons (Fsp3) is 0.286. The van der Waals surface area contributed by atoms with E-state index in [0.717, 1.165) is 50.6 Å². The molecule has 7 nitrogen and oxygen atoms in total. The average Bonchev–Trinajstić information content (AvgIpc) is 2.76. The molecule has 2 N–H and O–H groups in total. The highest BCUT2D eigenvalue weighted by molar-refractivity contribution is 5.73. The minimum Gasteiger partial charge on any atom is -0.378 e. The van der Waals surface area contributed by atoms with Crippen molar-refractivity contribution in [1.29, 1.82) is 0 Å². The normalized spacial score (nSPS) is 13.9. The van der Waals surface area contributed by atoms with E-state index in [-0.39, 0.29) is 0 Å².